The smallest absolute Gasteiger partial charge is 0.338 e. The number of piperidine rings is 1. The molecule has 210 valence electrons. The second kappa shape index (κ2) is 12.3. The van der Waals surface area contributed by atoms with Gasteiger partial charge in [0, 0.05) is 41.9 Å². The van der Waals surface area contributed by atoms with E-state index in [0.29, 0.717) is 47.5 Å². The molecule has 4 aromatic rings. The number of imidazole rings is 1. The number of methoxy groups -OCH3 is 1. The van der Waals surface area contributed by atoms with Crippen molar-refractivity contribution in [2.75, 3.05) is 26.8 Å². The predicted molar refractivity (Wildman–Crippen MR) is 146 cm³/mol. The minimum atomic E-state index is -1.32. The Morgan fingerprint density at radius 1 is 1.12 bits per heavy atom. The third-order valence-corrected chi connectivity index (χ3v) is 7.42. The highest BCUT2D eigenvalue weighted by Gasteiger charge is 2.25. The van der Waals surface area contributed by atoms with Crippen LogP contribution in [0.4, 0.5) is 8.78 Å². The zero-order valence-corrected chi connectivity index (χ0v) is 22.7. The quantitative estimate of drug-likeness (QED) is 0.263. The van der Waals surface area contributed by atoms with Gasteiger partial charge < -0.3 is 19.1 Å². The average Bonchev–Trinajstić information content (AvgIpc) is 3.29. The minimum Gasteiger partial charge on any atom is -0.478 e. The first-order valence-electron chi connectivity index (χ1n) is 13.0. The number of ether oxygens (including phenoxy) is 2. The summed E-state index contributed by atoms with van der Waals surface area (Å²) < 4.78 is 41.9. The molecule has 1 N–H and O–H groups in total. The Hall–Kier alpha value is -3.60. The van der Waals surface area contributed by atoms with Crippen molar-refractivity contribution >= 4 is 28.6 Å². The van der Waals surface area contributed by atoms with E-state index in [4.69, 9.17) is 21.1 Å². The number of aromatic carboxylic acids is 1. The van der Waals surface area contributed by atoms with E-state index in [0.717, 1.165) is 31.6 Å². The number of carboxylic acids is 1. The summed E-state index contributed by atoms with van der Waals surface area (Å²) in [6.45, 7) is 2.81. The number of nitrogens with zero attached hydrogens (tertiary/aromatic N) is 4. The fourth-order valence-electron chi connectivity index (χ4n) is 5.05. The van der Waals surface area contributed by atoms with Gasteiger partial charge in [-0.15, -0.1) is 0 Å². The van der Waals surface area contributed by atoms with Gasteiger partial charge in [-0.3, -0.25) is 4.90 Å². The van der Waals surface area contributed by atoms with Crippen LogP contribution in [0.3, 0.4) is 0 Å². The molecule has 0 aliphatic carbocycles. The zero-order chi connectivity index (χ0) is 28.2. The molecule has 1 aliphatic rings. The number of carbonyl (C=O) groups is 1. The van der Waals surface area contributed by atoms with Gasteiger partial charge in [0.15, 0.2) is 5.82 Å². The van der Waals surface area contributed by atoms with Gasteiger partial charge in [-0.25, -0.2) is 23.5 Å². The number of hydrogen-bond acceptors (Lipinski definition) is 6. The SMILES string of the molecule is COCCn1c(CN2CCC(c3cccc(OCc4ccc(Cl)cc4F)n3)CC2)nc2ccc(C(=O)O)c(F)c21. The van der Waals surface area contributed by atoms with Crippen molar-refractivity contribution in [3.63, 3.8) is 0 Å². The first-order chi connectivity index (χ1) is 19.3. The van der Waals surface area contributed by atoms with Gasteiger partial charge >= 0.3 is 5.97 Å². The van der Waals surface area contributed by atoms with Gasteiger partial charge in [0.1, 0.15) is 23.8 Å². The lowest BCUT2D eigenvalue weighted by Crippen LogP contribution is -2.33. The molecule has 0 spiro atoms. The van der Waals surface area contributed by atoms with E-state index >= 15 is 4.39 Å². The summed E-state index contributed by atoms with van der Waals surface area (Å²) in [5.74, 6) is -1.20. The first kappa shape index (κ1) is 27.9. The largest absolute Gasteiger partial charge is 0.478 e. The highest BCUT2D eigenvalue weighted by Crippen LogP contribution is 2.30. The number of halogens is 3. The Bertz CT molecular complexity index is 1520. The van der Waals surface area contributed by atoms with Crippen molar-refractivity contribution < 1.29 is 28.2 Å². The van der Waals surface area contributed by atoms with E-state index in [1.807, 2.05) is 12.1 Å². The van der Waals surface area contributed by atoms with Crippen LogP contribution in [-0.2, 0) is 24.4 Å². The molecule has 40 heavy (non-hydrogen) atoms. The highest BCUT2D eigenvalue weighted by atomic mass is 35.5. The molecule has 2 aromatic heterocycles. The summed E-state index contributed by atoms with van der Waals surface area (Å²) >= 11 is 5.82. The van der Waals surface area contributed by atoms with Crippen molar-refractivity contribution in [1.29, 1.82) is 0 Å². The van der Waals surface area contributed by atoms with Crippen molar-refractivity contribution in [2.45, 2.75) is 38.5 Å². The molecular formula is C29H29ClF2N4O4. The van der Waals surface area contributed by atoms with Crippen LogP contribution in [-0.4, -0.2) is 57.3 Å². The van der Waals surface area contributed by atoms with Crippen LogP contribution in [0.5, 0.6) is 5.88 Å². The van der Waals surface area contributed by atoms with E-state index in [1.165, 1.54) is 12.1 Å². The molecule has 8 nitrogen and oxygen atoms in total. The van der Waals surface area contributed by atoms with Crippen LogP contribution in [0.1, 0.15) is 46.2 Å². The number of benzene rings is 2. The molecule has 0 radical (unpaired) electrons. The maximum Gasteiger partial charge on any atom is 0.338 e. The number of fused-ring (bicyclic) bond motifs is 1. The maximum atomic E-state index is 15.1. The van der Waals surface area contributed by atoms with Crippen LogP contribution >= 0.6 is 11.6 Å². The topological polar surface area (TPSA) is 89.7 Å². The molecule has 3 heterocycles. The summed E-state index contributed by atoms with van der Waals surface area (Å²) in [6, 6.07) is 12.9. The molecule has 0 amide bonds. The van der Waals surface area contributed by atoms with Crippen molar-refractivity contribution in [3.05, 3.63) is 87.8 Å². The van der Waals surface area contributed by atoms with Crippen LogP contribution in [0.2, 0.25) is 5.02 Å². The Kier molecular flexibility index (Phi) is 8.58. The van der Waals surface area contributed by atoms with Crippen molar-refractivity contribution in [1.82, 2.24) is 19.4 Å². The number of hydrogen-bond donors (Lipinski definition) is 1. The minimum absolute atomic E-state index is 0.0521. The summed E-state index contributed by atoms with van der Waals surface area (Å²) in [5.41, 5.74) is 1.55. The molecule has 1 fully saturated rings. The summed E-state index contributed by atoms with van der Waals surface area (Å²) in [4.78, 5) is 23.0. The standard InChI is InChI=1S/C29H29ClF2N4O4/c1-39-14-13-36-25(33-24-8-7-21(29(37)38)27(32)28(24)36)16-35-11-9-18(10-12-35)23-3-2-4-26(34-23)40-17-19-5-6-20(30)15-22(19)31/h2-8,15,18H,9-14,16-17H2,1H3,(H,37,38). The molecule has 0 saturated carbocycles. The average molecular weight is 571 g/mol. The highest BCUT2D eigenvalue weighted by molar-refractivity contribution is 6.30. The van der Waals surface area contributed by atoms with Crippen molar-refractivity contribution in [2.24, 2.45) is 0 Å². The van der Waals surface area contributed by atoms with Gasteiger partial charge in [0.2, 0.25) is 5.88 Å². The molecule has 2 aromatic carbocycles. The lowest BCUT2D eigenvalue weighted by atomic mass is 9.93. The third-order valence-electron chi connectivity index (χ3n) is 7.18. The second-order valence-electron chi connectivity index (χ2n) is 9.75. The Morgan fingerprint density at radius 2 is 1.93 bits per heavy atom. The van der Waals surface area contributed by atoms with E-state index in [1.54, 1.807) is 35.9 Å². The lowest BCUT2D eigenvalue weighted by molar-refractivity contribution is 0.0692. The number of rotatable bonds is 10. The molecule has 0 atom stereocenters. The number of likely N-dealkylation sites (tertiary alicyclic amines) is 1. The van der Waals surface area contributed by atoms with Crippen LogP contribution in [0, 0.1) is 11.6 Å². The normalized spacial score (nSPS) is 14.6. The number of carboxylic acid groups (broad SMARTS) is 1. The molecule has 11 heteroatoms. The fourth-order valence-corrected chi connectivity index (χ4v) is 5.21. The van der Waals surface area contributed by atoms with Crippen molar-refractivity contribution in [3.8, 4) is 5.88 Å². The molecule has 0 bridgehead atoms. The van der Waals surface area contributed by atoms with Gasteiger partial charge in [-0.05, 0) is 56.3 Å². The maximum absolute atomic E-state index is 15.1. The van der Waals surface area contributed by atoms with E-state index in [2.05, 4.69) is 14.9 Å². The van der Waals surface area contributed by atoms with Crippen LogP contribution < -0.4 is 4.74 Å². The molecule has 5 rings (SSSR count). The summed E-state index contributed by atoms with van der Waals surface area (Å²) in [6.07, 6.45) is 1.72. The Morgan fingerprint density at radius 3 is 2.65 bits per heavy atom. The van der Waals surface area contributed by atoms with Crippen LogP contribution in [0.25, 0.3) is 11.0 Å². The summed E-state index contributed by atoms with van der Waals surface area (Å²) in [5, 5.41) is 9.70. The van der Waals surface area contributed by atoms with Gasteiger partial charge in [-0.2, -0.15) is 0 Å². The fraction of sp³-hybridized carbons (Fsp3) is 0.345. The molecule has 0 unspecified atom stereocenters. The third kappa shape index (κ3) is 6.09. The predicted octanol–water partition coefficient (Wildman–Crippen LogP) is 5.67. The van der Waals surface area contributed by atoms with E-state index in [9.17, 15) is 14.3 Å². The monoisotopic (exact) mass is 570 g/mol. The molecular weight excluding hydrogens is 542 g/mol. The first-order valence-corrected chi connectivity index (χ1v) is 13.4. The number of pyridine rings is 1. The van der Waals surface area contributed by atoms with Gasteiger partial charge in [0.05, 0.1) is 24.2 Å². The van der Waals surface area contributed by atoms with E-state index < -0.39 is 17.6 Å². The van der Waals surface area contributed by atoms with Crippen LogP contribution in [0.15, 0.2) is 48.5 Å². The van der Waals surface area contributed by atoms with E-state index in [-0.39, 0.29) is 23.6 Å². The van der Waals surface area contributed by atoms with Gasteiger partial charge in [0.25, 0.3) is 0 Å². The second-order valence-corrected chi connectivity index (χ2v) is 10.2. The van der Waals surface area contributed by atoms with Gasteiger partial charge in [-0.1, -0.05) is 23.7 Å². The Balaban J connectivity index is 1.25. The molecule has 1 saturated heterocycles. The zero-order valence-electron chi connectivity index (χ0n) is 21.9. The Labute approximate surface area is 235 Å². The summed E-state index contributed by atoms with van der Waals surface area (Å²) in [7, 11) is 1.56. The molecule has 1 aliphatic heterocycles. The lowest BCUT2D eigenvalue weighted by Gasteiger charge is -2.31. The number of aromatic nitrogens is 3.